The number of fused-ring (bicyclic) bond motifs is 1. The molecule has 0 atom stereocenters. The highest BCUT2D eigenvalue weighted by molar-refractivity contribution is 5.80. The van der Waals surface area contributed by atoms with Gasteiger partial charge in [-0.15, -0.1) is 0 Å². The van der Waals surface area contributed by atoms with Gasteiger partial charge in [-0.3, -0.25) is 18.9 Å². The normalized spacial score (nSPS) is 11.4. The van der Waals surface area contributed by atoms with Gasteiger partial charge in [0.05, 0.1) is 12.8 Å². The summed E-state index contributed by atoms with van der Waals surface area (Å²) in [4.78, 5) is 34.1. The van der Waals surface area contributed by atoms with Gasteiger partial charge in [0.15, 0.2) is 11.2 Å². The molecule has 9 heteroatoms. The predicted molar refractivity (Wildman–Crippen MR) is 111 cm³/mol. The summed E-state index contributed by atoms with van der Waals surface area (Å²) in [5, 5.41) is 4.16. The van der Waals surface area contributed by atoms with Gasteiger partial charge in [0, 0.05) is 26.5 Å². The lowest BCUT2D eigenvalue weighted by molar-refractivity contribution is 0.655. The molecule has 1 aromatic carbocycles. The Balaban J connectivity index is 1.74. The lowest BCUT2D eigenvalue weighted by Gasteiger charge is -2.08. The minimum absolute atomic E-state index is 0.191. The van der Waals surface area contributed by atoms with E-state index in [9.17, 15) is 9.59 Å². The summed E-state index contributed by atoms with van der Waals surface area (Å²) in [6, 6.07) is 13.0. The lowest BCUT2D eigenvalue weighted by Crippen LogP contribution is -2.39. The van der Waals surface area contributed by atoms with Crippen molar-refractivity contribution in [2.45, 2.75) is 6.54 Å². The highest BCUT2D eigenvalue weighted by Crippen LogP contribution is 2.13. The van der Waals surface area contributed by atoms with Gasteiger partial charge in [0.25, 0.3) is 5.56 Å². The Bertz CT molecular complexity index is 1300. The molecule has 0 saturated heterocycles. The number of hydrogen-bond donors (Lipinski definition) is 1. The summed E-state index contributed by atoms with van der Waals surface area (Å²) in [6.45, 7) is 0.191. The van der Waals surface area contributed by atoms with Gasteiger partial charge in [-0.25, -0.2) is 10.2 Å². The fourth-order valence-corrected chi connectivity index (χ4v) is 3.06. The maximum atomic E-state index is 13.1. The van der Waals surface area contributed by atoms with E-state index in [1.807, 2.05) is 42.5 Å². The van der Waals surface area contributed by atoms with Crippen LogP contribution < -0.4 is 16.7 Å². The number of aryl methyl sites for hydroxylation is 2. The van der Waals surface area contributed by atoms with Crippen molar-refractivity contribution >= 4 is 23.3 Å². The van der Waals surface area contributed by atoms with Gasteiger partial charge in [-0.1, -0.05) is 30.3 Å². The molecule has 0 radical (unpaired) electrons. The molecule has 0 spiro atoms. The molecule has 0 amide bonds. The van der Waals surface area contributed by atoms with E-state index in [1.165, 1.54) is 9.13 Å². The number of nitrogens with one attached hydrogen (secondary N) is 1. The number of rotatable bonds is 5. The number of imidazole rings is 1. The van der Waals surface area contributed by atoms with Crippen LogP contribution in [-0.4, -0.2) is 29.9 Å². The third-order valence-electron chi connectivity index (χ3n) is 4.63. The SMILES string of the molecule is Cn1c(N/N=C\c2ccncc2)nc2c1c(=O)n(Cc1ccccc1)c(=O)n2C. The predicted octanol–water partition coefficient (Wildman–Crippen LogP) is 1.32. The molecule has 4 aromatic rings. The molecular weight excluding hydrogens is 370 g/mol. The molecule has 1 N–H and O–H groups in total. The second-order valence-corrected chi connectivity index (χ2v) is 6.54. The van der Waals surface area contributed by atoms with Gasteiger partial charge in [0.2, 0.25) is 5.95 Å². The topological polar surface area (TPSA) is 99.1 Å². The van der Waals surface area contributed by atoms with Gasteiger partial charge in [-0.05, 0) is 23.3 Å². The Kier molecular flexibility index (Phi) is 4.78. The third-order valence-corrected chi connectivity index (χ3v) is 4.63. The van der Waals surface area contributed by atoms with Crippen molar-refractivity contribution in [2.75, 3.05) is 5.43 Å². The van der Waals surface area contributed by atoms with Gasteiger partial charge in [-0.2, -0.15) is 10.1 Å². The number of benzene rings is 1. The molecule has 0 aliphatic carbocycles. The van der Waals surface area contributed by atoms with Gasteiger partial charge in [0.1, 0.15) is 0 Å². The van der Waals surface area contributed by atoms with Crippen LogP contribution in [0.4, 0.5) is 5.95 Å². The maximum Gasteiger partial charge on any atom is 0.332 e. The number of aromatic nitrogens is 5. The van der Waals surface area contributed by atoms with Crippen molar-refractivity contribution in [3.8, 4) is 0 Å². The average molecular weight is 389 g/mol. The molecule has 0 aliphatic heterocycles. The average Bonchev–Trinajstić information content (AvgIpc) is 3.08. The number of hydrazone groups is 1. The smallest absolute Gasteiger partial charge is 0.306 e. The molecule has 0 fully saturated rings. The zero-order chi connectivity index (χ0) is 20.4. The highest BCUT2D eigenvalue weighted by Gasteiger charge is 2.18. The Morgan fingerprint density at radius 1 is 1.03 bits per heavy atom. The first-order valence-electron chi connectivity index (χ1n) is 8.95. The van der Waals surface area contributed by atoms with E-state index in [0.717, 1.165) is 11.1 Å². The molecule has 146 valence electrons. The molecule has 0 saturated carbocycles. The van der Waals surface area contributed by atoms with Crippen LogP contribution >= 0.6 is 0 Å². The zero-order valence-electron chi connectivity index (χ0n) is 16.0. The second-order valence-electron chi connectivity index (χ2n) is 6.54. The standard InChI is InChI=1S/C20H19N7O2/c1-25-16-17(23-19(25)24-22-12-14-8-10-21-11-9-14)26(2)20(29)27(18(16)28)13-15-6-4-3-5-7-15/h3-12H,13H2,1-2H3,(H,23,24)/b22-12-. The number of nitrogens with zero attached hydrogens (tertiary/aromatic N) is 6. The van der Waals surface area contributed by atoms with E-state index in [0.29, 0.717) is 17.1 Å². The van der Waals surface area contributed by atoms with Crippen LogP contribution in [0.15, 0.2) is 69.5 Å². The van der Waals surface area contributed by atoms with Crippen molar-refractivity contribution in [1.29, 1.82) is 0 Å². The first kappa shape index (κ1) is 18.4. The number of anilines is 1. The summed E-state index contributed by atoms with van der Waals surface area (Å²) < 4.78 is 4.18. The van der Waals surface area contributed by atoms with Crippen molar-refractivity contribution in [3.05, 3.63) is 86.8 Å². The van der Waals surface area contributed by atoms with Gasteiger partial charge >= 0.3 is 5.69 Å². The largest absolute Gasteiger partial charge is 0.332 e. The summed E-state index contributed by atoms with van der Waals surface area (Å²) >= 11 is 0. The third kappa shape index (κ3) is 3.45. The quantitative estimate of drug-likeness (QED) is 0.410. The van der Waals surface area contributed by atoms with E-state index < -0.39 is 11.2 Å². The van der Waals surface area contributed by atoms with Crippen LogP contribution in [0.3, 0.4) is 0 Å². The molecule has 3 heterocycles. The van der Waals surface area contributed by atoms with Crippen molar-refractivity contribution in [1.82, 2.24) is 23.7 Å². The summed E-state index contributed by atoms with van der Waals surface area (Å²) in [5.74, 6) is 0.356. The Morgan fingerprint density at radius 2 is 1.76 bits per heavy atom. The van der Waals surface area contributed by atoms with Crippen molar-refractivity contribution in [3.63, 3.8) is 0 Å². The summed E-state index contributed by atoms with van der Waals surface area (Å²) in [7, 11) is 3.31. The zero-order valence-corrected chi connectivity index (χ0v) is 16.0. The molecule has 0 bridgehead atoms. The van der Waals surface area contributed by atoms with E-state index >= 15 is 0 Å². The van der Waals surface area contributed by atoms with E-state index in [-0.39, 0.29) is 6.54 Å². The van der Waals surface area contributed by atoms with E-state index in [1.54, 1.807) is 37.3 Å². The Labute approximate surface area is 165 Å². The number of hydrogen-bond acceptors (Lipinski definition) is 6. The Hall–Kier alpha value is -4.01. The van der Waals surface area contributed by atoms with Crippen LogP contribution in [0.25, 0.3) is 11.2 Å². The molecule has 4 rings (SSSR count). The van der Waals surface area contributed by atoms with E-state index in [4.69, 9.17) is 0 Å². The van der Waals surface area contributed by atoms with Crippen LogP contribution in [0.1, 0.15) is 11.1 Å². The first-order chi connectivity index (χ1) is 14.1. The Morgan fingerprint density at radius 3 is 2.48 bits per heavy atom. The van der Waals surface area contributed by atoms with E-state index in [2.05, 4.69) is 20.5 Å². The lowest BCUT2D eigenvalue weighted by atomic mass is 10.2. The summed E-state index contributed by atoms with van der Waals surface area (Å²) in [6.07, 6.45) is 4.95. The van der Waals surface area contributed by atoms with Gasteiger partial charge < -0.3 is 4.57 Å². The van der Waals surface area contributed by atoms with Crippen LogP contribution in [0.2, 0.25) is 0 Å². The summed E-state index contributed by atoms with van der Waals surface area (Å²) in [5.41, 5.74) is 4.37. The first-order valence-corrected chi connectivity index (χ1v) is 8.95. The molecule has 0 aliphatic rings. The molecule has 9 nitrogen and oxygen atoms in total. The highest BCUT2D eigenvalue weighted by atomic mass is 16.2. The second kappa shape index (κ2) is 7.55. The van der Waals surface area contributed by atoms with Crippen molar-refractivity contribution < 1.29 is 0 Å². The van der Waals surface area contributed by atoms with Crippen molar-refractivity contribution in [2.24, 2.45) is 19.2 Å². The fourth-order valence-electron chi connectivity index (χ4n) is 3.06. The monoisotopic (exact) mass is 389 g/mol. The molecule has 0 unspecified atom stereocenters. The number of pyridine rings is 1. The maximum absolute atomic E-state index is 13.1. The van der Waals surface area contributed by atoms with Crippen LogP contribution in [-0.2, 0) is 20.6 Å². The minimum Gasteiger partial charge on any atom is -0.306 e. The molecule has 3 aromatic heterocycles. The minimum atomic E-state index is -0.420. The molecule has 29 heavy (non-hydrogen) atoms. The fraction of sp³-hybridized carbons (Fsp3) is 0.150. The molecular formula is C20H19N7O2. The van der Waals surface area contributed by atoms with Crippen LogP contribution in [0, 0.1) is 0 Å². The van der Waals surface area contributed by atoms with Crippen LogP contribution in [0.5, 0.6) is 0 Å².